The first-order valence-electron chi connectivity index (χ1n) is 6.54. The highest BCUT2D eigenvalue weighted by Crippen LogP contribution is 2.28. The lowest BCUT2D eigenvalue weighted by molar-refractivity contribution is 0.330. The Balaban J connectivity index is 2.08. The molecule has 2 rings (SSSR count). The lowest BCUT2D eigenvalue weighted by Gasteiger charge is -2.19. The summed E-state index contributed by atoms with van der Waals surface area (Å²) in [6, 6.07) is 10.3. The Morgan fingerprint density at radius 2 is 2.16 bits per heavy atom. The van der Waals surface area contributed by atoms with Gasteiger partial charge < -0.3 is 4.74 Å². The first kappa shape index (κ1) is 14.1. The number of para-hydroxylation sites is 1. The van der Waals surface area contributed by atoms with Crippen LogP contribution in [-0.4, -0.2) is 6.61 Å². The normalized spacial score (nSPS) is 12.3. The number of hydrazine groups is 1. The number of hydrogen-bond acceptors (Lipinski definition) is 4. The molecule has 4 heteroatoms. The molecule has 2 aromatic rings. The van der Waals surface area contributed by atoms with Crippen molar-refractivity contribution in [3.8, 4) is 5.75 Å². The molecule has 0 saturated carbocycles. The van der Waals surface area contributed by atoms with Gasteiger partial charge in [-0.3, -0.25) is 11.3 Å². The van der Waals surface area contributed by atoms with Crippen molar-refractivity contribution >= 4 is 11.3 Å². The molecule has 3 N–H and O–H groups in total. The van der Waals surface area contributed by atoms with Crippen LogP contribution in [0, 0.1) is 0 Å². The Morgan fingerprint density at radius 3 is 2.84 bits per heavy atom. The molecule has 0 aliphatic rings. The highest BCUT2D eigenvalue weighted by atomic mass is 32.1. The molecule has 102 valence electrons. The number of benzene rings is 1. The van der Waals surface area contributed by atoms with E-state index in [-0.39, 0.29) is 6.04 Å². The van der Waals surface area contributed by atoms with Crippen molar-refractivity contribution in [1.82, 2.24) is 5.43 Å². The van der Waals surface area contributed by atoms with Crippen LogP contribution in [0.15, 0.2) is 41.1 Å². The fraction of sp³-hybridized carbons (Fsp3) is 0.333. The van der Waals surface area contributed by atoms with Gasteiger partial charge in [-0.15, -0.1) is 0 Å². The summed E-state index contributed by atoms with van der Waals surface area (Å²) in [5, 5.41) is 4.29. The summed E-state index contributed by atoms with van der Waals surface area (Å²) in [5.74, 6) is 6.62. The molecule has 0 aliphatic carbocycles. The molecule has 0 amide bonds. The van der Waals surface area contributed by atoms with Gasteiger partial charge in [0.05, 0.1) is 6.61 Å². The second-order valence-electron chi connectivity index (χ2n) is 4.36. The van der Waals surface area contributed by atoms with E-state index in [1.807, 2.05) is 25.1 Å². The number of aryl methyl sites for hydroxylation is 1. The summed E-state index contributed by atoms with van der Waals surface area (Å²) >= 11 is 1.73. The molecule has 1 atom stereocenters. The number of rotatable bonds is 7. The Labute approximate surface area is 118 Å². The lowest BCUT2D eigenvalue weighted by atomic mass is 10.00. The highest BCUT2D eigenvalue weighted by Gasteiger charge is 2.14. The van der Waals surface area contributed by atoms with Crippen LogP contribution in [0.2, 0.25) is 0 Å². The predicted molar refractivity (Wildman–Crippen MR) is 80.3 cm³/mol. The molecule has 0 spiro atoms. The van der Waals surface area contributed by atoms with Gasteiger partial charge in [0.2, 0.25) is 0 Å². The minimum atomic E-state index is 0.114. The van der Waals surface area contributed by atoms with E-state index in [1.54, 1.807) is 11.3 Å². The third kappa shape index (κ3) is 3.80. The quantitative estimate of drug-likeness (QED) is 0.602. The van der Waals surface area contributed by atoms with E-state index in [9.17, 15) is 0 Å². The van der Waals surface area contributed by atoms with Gasteiger partial charge in [0.1, 0.15) is 5.75 Å². The second-order valence-corrected chi connectivity index (χ2v) is 5.14. The summed E-state index contributed by atoms with van der Waals surface area (Å²) < 4.78 is 5.66. The molecule has 0 saturated heterocycles. The smallest absolute Gasteiger partial charge is 0.124 e. The van der Waals surface area contributed by atoms with Crippen LogP contribution >= 0.6 is 11.3 Å². The van der Waals surface area contributed by atoms with Crippen LogP contribution < -0.4 is 16.0 Å². The first-order chi connectivity index (χ1) is 9.35. The van der Waals surface area contributed by atoms with Crippen molar-refractivity contribution < 1.29 is 4.74 Å². The Bertz CT molecular complexity index is 485. The number of hydrogen-bond donors (Lipinski definition) is 2. The number of ether oxygens (including phenoxy) is 1. The highest BCUT2D eigenvalue weighted by molar-refractivity contribution is 7.07. The maximum atomic E-state index is 5.71. The van der Waals surface area contributed by atoms with Gasteiger partial charge in [0, 0.05) is 11.6 Å². The zero-order valence-electron chi connectivity index (χ0n) is 11.1. The maximum Gasteiger partial charge on any atom is 0.124 e. The van der Waals surface area contributed by atoms with Gasteiger partial charge in [-0.05, 0) is 48.2 Å². The van der Waals surface area contributed by atoms with Crippen LogP contribution in [0.25, 0.3) is 0 Å². The van der Waals surface area contributed by atoms with Crippen LogP contribution in [0.1, 0.15) is 30.5 Å². The van der Waals surface area contributed by atoms with Crippen molar-refractivity contribution in [3.05, 3.63) is 52.2 Å². The van der Waals surface area contributed by atoms with Crippen LogP contribution in [-0.2, 0) is 6.42 Å². The monoisotopic (exact) mass is 276 g/mol. The molecule has 19 heavy (non-hydrogen) atoms. The molecular weight excluding hydrogens is 256 g/mol. The molecule has 0 bridgehead atoms. The van der Waals surface area contributed by atoms with Crippen molar-refractivity contribution in [2.75, 3.05) is 6.61 Å². The van der Waals surface area contributed by atoms with Crippen molar-refractivity contribution in [2.45, 2.75) is 25.8 Å². The molecule has 1 unspecified atom stereocenters. The van der Waals surface area contributed by atoms with Gasteiger partial charge >= 0.3 is 0 Å². The van der Waals surface area contributed by atoms with Crippen molar-refractivity contribution in [2.24, 2.45) is 5.84 Å². The molecule has 0 fully saturated rings. The van der Waals surface area contributed by atoms with Crippen molar-refractivity contribution in [3.63, 3.8) is 0 Å². The van der Waals surface area contributed by atoms with Crippen molar-refractivity contribution in [1.29, 1.82) is 0 Å². The Hall–Kier alpha value is -1.36. The minimum absolute atomic E-state index is 0.114. The van der Waals surface area contributed by atoms with Crippen LogP contribution in [0.3, 0.4) is 0 Å². The standard InChI is InChI=1S/C15H20N2OS/c1-2-18-15-6-4-3-5-13(15)14(17-16)8-7-12-9-10-19-11-12/h3-6,9-11,14,17H,2,7-8,16H2,1H3. The zero-order valence-corrected chi connectivity index (χ0v) is 12.0. The summed E-state index contributed by atoms with van der Waals surface area (Å²) in [7, 11) is 0. The fourth-order valence-corrected chi connectivity index (χ4v) is 2.83. The third-order valence-corrected chi connectivity index (χ3v) is 3.83. The van der Waals surface area contributed by atoms with Crippen LogP contribution in [0.4, 0.5) is 0 Å². The summed E-state index contributed by atoms with van der Waals surface area (Å²) in [6.07, 6.45) is 1.97. The van der Waals surface area contributed by atoms with E-state index in [2.05, 4.69) is 28.3 Å². The lowest BCUT2D eigenvalue weighted by Crippen LogP contribution is -2.28. The van der Waals surface area contributed by atoms with E-state index in [4.69, 9.17) is 10.6 Å². The Morgan fingerprint density at radius 1 is 1.32 bits per heavy atom. The van der Waals surface area contributed by atoms with Gasteiger partial charge in [-0.1, -0.05) is 18.2 Å². The van der Waals surface area contributed by atoms with Gasteiger partial charge in [0.15, 0.2) is 0 Å². The zero-order chi connectivity index (χ0) is 13.5. The molecule has 0 aliphatic heterocycles. The van der Waals surface area contributed by atoms with E-state index in [1.165, 1.54) is 5.56 Å². The average Bonchev–Trinajstić information content (AvgIpc) is 2.95. The molecule has 1 heterocycles. The largest absolute Gasteiger partial charge is 0.494 e. The predicted octanol–water partition coefficient (Wildman–Crippen LogP) is 3.28. The topological polar surface area (TPSA) is 47.3 Å². The average molecular weight is 276 g/mol. The van der Waals surface area contributed by atoms with Gasteiger partial charge in [0.25, 0.3) is 0 Å². The summed E-state index contributed by atoms with van der Waals surface area (Å²) in [6.45, 7) is 2.66. The first-order valence-corrected chi connectivity index (χ1v) is 7.48. The molecular formula is C15H20N2OS. The minimum Gasteiger partial charge on any atom is -0.494 e. The van der Waals surface area contributed by atoms with E-state index in [0.29, 0.717) is 6.61 Å². The molecule has 3 nitrogen and oxygen atoms in total. The summed E-state index contributed by atoms with van der Waals surface area (Å²) in [5.41, 5.74) is 5.39. The Kier molecular flexibility index (Phi) is 5.39. The SMILES string of the molecule is CCOc1ccccc1C(CCc1ccsc1)NN. The number of nitrogens with one attached hydrogen (secondary N) is 1. The molecule has 1 aromatic carbocycles. The second kappa shape index (κ2) is 7.28. The van der Waals surface area contributed by atoms with E-state index >= 15 is 0 Å². The fourth-order valence-electron chi connectivity index (χ4n) is 2.13. The van der Waals surface area contributed by atoms with Gasteiger partial charge in [-0.2, -0.15) is 11.3 Å². The molecule has 1 aromatic heterocycles. The molecule has 0 radical (unpaired) electrons. The van der Waals surface area contributed by atoms with Crippen LogP contribution in [0.5, 0.6) is 5.75 Å². The number of thiophene rings is 1. The van der Waals surface area contributed by atoms with E-state index in [0.717, 1.165) is 24.2 Å². The summed E-state index contributed by atoms with van der Waals surface area (Å²) in [4.78, 5) is 0. The third-order valence-electron chi connectivity index (χ3n) is 3.10. The van der Waals surface area contributed by atoms with Gasteiger partial charge in [-0.25, -0.2) is 0 Å². The maximum absolute atomic E-state index is 5.71. The number of nitrogens with two attached hydrogens (primary N) is 1. The van der Waals surface area contributed by atoms with E-state index < -0.39 is 0 Å².